The minimum absolute atomic E-state index is 0.00148. The van der Waals surface area contributed by atoms with E-state index in [-0.39, 0.29) is 12.9 Å². The molecule has 5 heteroatoms. The lowest BCUT2D eigenvalue weighted by Crippen LogP contribution is -2.40. The van der Waals surface area contributed by atoms with Crippen molar-refractivity contribution in [2.75, 3.05) is 0 Å². The minimum Gasteiger partial charge on any atom is -0.360 e. The number of hydrogen-bond acceptors (Lipinski definition) is 4. The van der Waals surface area contributed by atoms with Crippen LogP contribution in [0.1, 0.15) is 20.3 Å². The molecule has 0 aliphatic rings. The average molecular weight is 166 g/mol. The molecule has 1 N–H and O–H groups in total. The van der Waals surface area contributed by atoms with Crippen molar-refractivity contribution in [1.82, 2.24) is 0 Å². The molecule has 0 saturated heterocycles. The molecule has 0 spiro atoms. The molecule has 0 rings (SSSR count). The Morgan fingerprint density at radius 3 is 2.64 bits per heavy atom. The molecule has 0 aromatic heterocycles. The molecule has 2 atom stereocenters. The molecular weight excluding hydrogens is 155 g/mol. The third-order valence-corrected chi connectivity index (χ3v) is 1.36. The van der Waals surface area contributed by atoms with Gasteiger partial charge >= 0.3 is 6.47 Å². The number of carbonyl (C=O) groups is 1. The first kappa shape index (κ1) is 10.3. The Bertz CT molecular complexity index is 128. The van der Waals surface area contributed by atoms with Crippen molar-refractivity contribution in [3.8, 4) is 0 Å². The van der Waals surface area contributed by atoms with E-state index in [4.69, 9.17) is 5.11 Å². The molecule has 0 amide bonds. The van der Waals surface area contributed by atoms with Gasteiger partial charge in [0.15, 0.2) is 6.17 Å². The first-order chi connectivity index (χ1) is 5.06. The maximum atomic E-state index is 12.5. The molecule has 0 bridgehead atoms. The first-order valence-electron chi connectivity index (χ1n) is 3.21. The number of halogens is 1. The van der Waals surface area contributed by atoms with Gasteiger partial charge in [-0.3, -0.25) is 9.68 Å². The van der Waals surface area contributed by atoms with E-state index < -0.39 is 12.0 Å². The molecule has 0 aromatic rings. The number of alkyl halides is 1. The fraction of sp³-hybridized carbons (Fsp3) is 0.833. The van der Waals surface area contributed by atoms with E-state index >= 15 is 0 Å². The highest BCUT2D eigenvalue weighted by molar-refractivity contribution is 5.35. The van der Waals surface area contributed by atoms with Crippen LogP contribution >= 0.6 is 0 Å². The zero-order valence-corrected chi connectivity index (χ0v) is 6.41. The summed E-state index contributed by atoms with van der Waals surface area (Å²) >= 11 is 0. The molecule has 0 aliphatic heterocycles. The Morgan fingerprint density at radius 1 is 1.82 bits per heavy atom. The highest BCUT2D eigenvalue weighted by Gasteiger charge is 2.35. The fourth-order valence-corrected chi connectivity index (χ4v) is 0.509. The summed E-state index contributed by atoms with van der Waals surface area (Å²) in [5.74, 6) is -2.03. The van der Waals surface area contributed by atoms with Gasteiger partial charge in [-0.25, -0.2) is 4.39 Å². The van der Waals surface area contributed by atoms with Gasteiger partial charge < -0.3 is 5.11 Å². The highest BCUT2D eigenvalue weighted by Crippen LogP contribution is 2.19. The standard InChI is InChI=1S/C6H11FO4/c1-3-6(9,5(2)7)11-10-4-8/h4-5,9H,3H2,1-2H3. The topological polar surface area (TPSA) is 55.8 Å². The van der Waals surface area contributed by atoms with E-state index in [1.165, 1.54) is 6.92 Å². The maximum Gasteiger partial charge on any atom is 0.330 e. The van der Waals surface area contributed by atoms with Gasteiger partial charge in [0.05, 0.1) is 0 Å². The molecule has 0 heterocycles. The molecule has 0 aromatic carbocycles. The van der Waals surface area contributed by atoms with Gasteiger partial charge in [-0.1, -0.05) is 6.92 Å². The summed E-state index contributed by atoms with van der Waals surface area (Å²) in [5.41, 5.74) is 0. The van der Waals surface area contributed by atoms with Gasteiger partial charge in [0, 0.05) is 6.42 Å². The quantitative estimate of drug-likeness (QED) is 0.280. The number of rotatable bonds is 5. The summed E-state index contributed by atoms with van der Waals surface area (Å²) in [5, 5.41) is 9.15. The summed E-state index contributed by atoms with van der Waals surface area (Å²) in [7, 11) is 0. The van der Waals surface area contributed by atoms with Gasteiger partial charge in [0.2, 0.25) is 5.79 Å². The van der Waals surface area contributed by atoms with E-state index in [9.17, 15) is 9.18 Å². The van der Waals surface area contributed by atoms with Crippen LogP contribution in [0.4, 0.5) is 4.39 Å². The molecule has 0 radical (unpaired) electrons. The average Bonchev–Trinajstić information content (AvgIpc) is 2.00. The monoisotopic (exact) mass is 166 g/mol. The van der Waals surface area contributed by atoms with Crippen LogP contribution in [0, 0.1) is 0 Å². The van der Waals surface area contributed by atoms with Gasteiger partial charge in [0.25, 0.3) is 0 Å². The molecule has 0 fully saturated rings. The van der Waals surface area contributed by atoms with Crippen molar-refractivity contribution >= 4 is 6.47 Å². The number of aliphatic hydroxyl groups is 1. The predicted octanol–water partition coefficient (Wildman–Crippen LogP) is 0.548. The van der Waals surface area contributed by atoms with E-state index in [2.05, 4.69) is 9.78 Å². The summed E-state index contributed by atoms with van der Waals surface area (Å²) in [6.45, 7) is 2.59. The van der Waals surface area contributed by atoms with E-state index in [0.717, 1.165) is 6.92 Å². The summed E-state index contributed by atoms with van der Waals surface area (Å²) < 4.78 is 12.5. The summed E-state index contributed by atoms with van der Waals surface area (Å²) in [6, 6.07) is 0. The molecule has 0 aliphatic carbocycles. The van der Waals surface area contributed by atoms with Gasteiger partial charge in [-0.15, -0.1) is 4.89 Å². The largest absolute Gasteiger partial charge is 0.360 e. The zero-order chi connectivity index (χ0) is 8.91. The second-order valence-corrected chi connectivity index (χ2v) is 2.09. The van der Waals surface area contributed by atoms with Crippen LogP contribution in [-0.2, 0) is 14.6 Å². The first-order valence-corrected chi connectivity index (χ1v) is 3.21. The third-order valence-electron chi connectivity index (χ3n) is 1.36. The smallest absolute Gasteiger partial charge is 0.330 e. The lowest BCUT2D eigenvalue weighted by molar-refractivity contribution is -0.402. The minimum atomic E-state index is -2.03. The molecule has 2 unspecified atom stereocenters. The SMILES string of the molecule is CCC(O)(OOC=O)C(C)F. The molecule has 0 saturated carbocycles. The maximum absolute atomic E-state index is 12.5. The van der Waals surface area contributed by atoms with Crippen molar-refractivity contribution < 1.29 is 24.1 Å². The van der Waals surface area contributed by atoms with Crippen LogP contribution in [0.3, 0.4) is 0 Å². The van der Waals surface area contributed by atoms with Crippen molar-refractivity contribution in [2.24, 2.45) is 0 Å². The highest BCUT2D eigenvalue weighted by atomic mass is 19.1. The van der Waals surface area contributed by atoms with Crippen LogP contribution in [0.25, 0.3) is 0 Å². The van der Waals surface area contributed by atoms with Crippen molar-refractivity contribution in [3.63, 3.8) is 0 Å². The van der Waals surface area contributed by atoms with Crippen LogP contribution in [0.2, 0.25) is 0 Å². The number of carbonyl (C=O) groups excluding carboxylic acids is 1. The van der Waals surface area contributed by atoms with Crippen molar-refractivity contribution in [1.29, 1.82) is 0 Å². The van der Waals surface area contributed by atoms with Gasteiger partial charge in [-0.2, -0.15) is 0 Å². The van der Waals surface area contributed by atoms with Crippen LogP contribution < -0.4 is 0 Å². The van der Waals surface area contributed by atoms with Crippen molar-refractivity contribution in [2.45, 2.75) is 32.2 Å². The van der Waals surface area contributed by atoms with Gasteiger partial charge in [-0.05, 0) is 6.92 Å². The van der Waals surface area contributed by atoms with E-state index in [0.29, 0.717) is 0 Å². The predicted molar refractivity (Wildman–Crippen MR) is 34.0 cm³/mol. The Labute approximate surface area is 63.8 Å². The van der Waals surface area contributed by atoms with Crippen LogP contribution in [0.5, 0.6) is 0 Å². The Kier molecular flexibility index (Phi) is 3.99. The van der Waals surface area contributed by atoms with Crippen LogP contribution in [0.15, 0.2) is 0 Å². The van der Waals surface area contributed by atoms with Crippen LogP contribution in [-0.4, -0.2) is 23.5 Å². The Hall–Kier alpha value is -0.680. The van der Waals surface area contributed by atoms with Gasteiger partial charge in [0.1, 0.15) is 0 Å². The molecule has 11 heavy (non-hydrogen) atoms. The zero-order valence-electron chi connectivity index (χ0n) is 6.41. The normalized spacial score (nSPS) is 18.5. The second-order valence-electron chi connectivity index (χ2n) is 2.09. The second kappa shape index (κ2) is 4.25. The van der Waals surface area contributed by atoms with E-state index in [1.807, 2.05) is 0 Å². The Balaban J connectivity index is 3.98. The fourth-order valence-electron chi connectivity index (χ4n) is 0.509. The molecule has 4 nitrogen and oxygen atoms in total. The number of hydrogen-bond donors (Lipinski definition) is 1. The summed E-state index contributed by atoms with van der Waals surface area (Å²) in [4.78, 5) is 17.5. The van der Waals surface area contributed by atoms with E-state index in [1.54, 1.807) is 0 Å². The molecular formula is C6H11FO4. The van der Waals surface area contributed by atoms with Crippen molar-refractivity contribution in [3.05, 3.63) is 0 Å². The lowest BCUT2D eigenvalue weighted by atomic mass is 10.1. The third kappa shape index (κ3) is 2.81. The summed E-state index contributed by atoms with van der Waals surface area (Å²) in [6.07, 6.45) is -1.62. The Morgan fingerprint density at radius 2 is 2.36 bits per heavy atom. The lowest BCUT2D eigenvalue weighted by Gasteiger charge is -2.24. The molecule has 66 valence electrons.